The van der Waals surface area contributed by atoms with E-state index in [1.54, 1.807) is 0 Å². The van der Waals surface area contributed by atoms with E-state index in [1.807, 2.05) is 25.1 Å². The number of nitriles is 1. The second-order valence-electron chi connectivity index (χ2n) is 5.02. The lowest BCUT2D eigenvalue weighted by atomic mass is 10.1. The Morgan fingerprint density at radius 2 is 2.26 bits per heavy atom. The van der Waals surface area contributed by atoms with Gasteiger partial charge in [-0.1, -0.05) is 6.07 Å². The fourth-order valence-electron chi connectivity index (χ4n) is 1.92. The van der Waals surface area contributed by atoms with Gasteiger partial charge in [0.1, 0.15) is 0 Å². The van der Waals surface area contributed by atoms with Crippen molar-refractivity contribution in [3.8, 4) is 6.07 Å². The summed E-state index contributed by atoms with van der Waals surface area (Å²) in [5, 5.41) is 15.0. The van der Waals surface area contributed by atoms with Crippen molar-refractivity contribution in [3.63, 3.8) is 0 Å². The Bertz CT molecular complexity index is 501. The second kappa shape index (κ2) is 6.35. The summed E-state index contributed by atoms with van der Waals surface area (Å²) in [6.45, 7) is 3.41. The van der Waals surface area contributed by atoms with Crippen LogP contribution in [0.5, 0.6) is 0 Å². The molecule has 19 heavy (non-hydrogen) atoms. The number of amides is 1. The molecule has 1 aliphatic carbocycles. The van der Waals surface area contributed by atoms with Crippen LogP contribution in [0.15, 0.2) is 18.2 Å². The lowest BCUT2D eigenvalue weighted by Gasteiger charge is -2.08. The maximum absolute atomic E-state index is 11.5. The van der Waals surface area contributed by atoms with E-state index >= 15 is 0 Å². The van der Waals surface area contributed by atoms with Crippen LogP contribution in [0.25, 0.3) is 0 Å². The van der Waals surface area contributed by atoms with Gasteiger partial charge in [0.15, 0.2) is 0 Å². The van der Waals surface area contributed by atoms with Crippen LogP contribution in [0.4, 0.5) is 0 Å². The molecule has 1 aromatic rings. The van der Waals surface area contributed by atoms with E-state index in [4.69, 9.17) is 5.26 Å². The first-order chi connectivity index (χ1) is 9.19. The topological polar surface area (TPSA) is 64.9 Å². The number of benzene rings is 1. The van der Waals surface area contributed by atoms with E-state index < -0.39 is 0 Å². The minimum Gasteiger partial charge on any atom is -0.353 e. The van der Waals surface area contributed by atoms with Crippen LogP contribution in [0.3, 0.4) is 0 Å². The van der Waals surface area contributed by atoms with Gasteiger partial charge in [-0.3, -0.25) is 4.79 Å². The van der Waals surface area contributed by atoms with Gasteiger partial charge >= 0.3 is 0 Å². The molecule has 100 valence electrons. The summed E-state index contributed by atoms with van der Waals surface area (Å²) in [4.78, 5) is 11.5. The third-order valence-corrected chi connectivity index (χ3v) is 3.26. The summed E-state index contributed by atoms with van der Waals surface area (Å²) in [5.41, 5.74) is 2.96. The normalized spacial score (nSPS) is 13.9. The third kappa shape index (κ3) is 4.38. The van der Waals surface area contributed by atoms with Crippen molar-refractivity contribution in [2.24, 2.45) is 0 Å². The van der Waals surface area contributed by atoms with Crippen molar-refractivity contribution in [1.82, 2.24) is 10.6 Å². The SMILES string of the molecule is Cc1cc(C#N)ccc1CNCCC(=O)NC1CC1. The molecular weight excluding hydrogens is 238 g/mol. The van der Waals surface area contributed by atoms with Crippen LogP contribution in [0, 0.1) is 18.3 Å². The summed E-state index contributed by atoms with van der Waals surface area (Å²) in [6.07, 6.45) is 2.78. The van der Waals surface area contributed by atoms with Crippen molar-refractivity contribution >= 4 is 5.91 Å². The molecule has 0 saturated heterocycles. The average Bonchev–Trinajstić information content (AvgIpc) is 3.20. The van der Waals surface area contributed by atoms with Crippen molar-refractivity contribution in [2.75, 3.05) is 6.54 Å². The molecule has 0 bridgehead atoms. The average molecular weight is 257 g/mol. The van der Waals surface area contributed by atoms with Crippen molar-refractivity contribution in [2.45, 2.75) is 38.8 Å². The predicted molar refractivity (Wildman–Crippen MR) is 73.4 cm³/mol. The van der Waals surface area contributed by atoms with Gasteiger partial charge in [-0.2, -0.15) is 5.26 Å². The van der Waals surface area contributed by atoms with Gasteiger partial charge in [0.2, 0.25) is 5.91 Å². The largest absolute Gasteiger partial charge is 0.353 e. The van der Waals surface area contributed by atoms with E-state index in [-0.39, 0.29) is 5.91 Å². The zero-order valence-electron chi connectivity index (χ0n) is 11.2. The molecule has 2 N–H and O–H groups in total. The predicted octanol–water partition coefficient (Wildman–Crippen LogP) is 1.62. The first-order valence-electron chi connectivity index (χ1n) is 6.69. The van der Waals surface area contributed by atoms with E-state index in [2.05, 4.69) is 16.7 Å². The van der Waals surface area contributed by atoms with Crippen LogP contribution >= 0.6 is 0 Å². The van der Waals surface area contributed by atoms with Gasteiger partial charge in [-0.05, 0) is 43.0 Å². The Hall–Kier alpha value is -1.86. The molecule has 0 heterocycles. The smallest absolute Gasteiger partial charge is 0.221 e. The lowest BCUT2D eigenvalue weighted by molar-refractivity contribution is -0.121. The number of aryl methyl sites for hydroxylation is 1. The zero-order valence-corrected chi connectivity index (χ0v) is 11.2. The summed E-state index contributed by atoms with van der Waals surface area (Å²) in [7, 11) is 0. The number of rotatable bonds is 6. The van der Waals surface area contributed by atoms with Crippen molar-refractivity contribution in [1.29, 1.82) is 5.26 Å². The molecule has 0 spiro atoms. The highest BCUT2D eigenvalue weighted by Gasteiger charge is 2.22. The van der Waals surface area contributed by atoms with Gasteiger partial charge in [0, 0.05) is 25.6 Å². The van der Waals surface area contributed by atoms with E-state index in [0.29, 0.717) is 24.6 Å². The monoisotopic (exact) mass is 257 g/mol. The van der Waals surface area contributed by atoms with Gasteiger partial charge in [0.05, 0.1) is 11.6 Å². The quantitative estimate of drug-likeness (QED) is 0.761. The number of hydrogen-bond donors (Lipinski definition) is 2. The van der Waals surface area contributed by atoms with E-state index in [0.717, 1.165) is 24.9 Å². The molecular formula is C15H19N3O. The van der Waals surface area contributed by atoms with E-state index in [9.17, 15) is 4.79 Å². The lowest BCUT2D eigenvalue weighted by Crippen LogP contribution is -2.29. The maximum Gasteiger partial charge on any atom is 0.221 e. The Kier molecular flexibility index (Phi) is 4.53. The van der Waals surface area contributed by atoms with Crippen LogP contribution in [-0.2, 0) is 11.3 Å². The van der Waals surface area contributed by atoms with Gasteiger partial charge in [-0.25, -0.2) is 0 Å². The summed E-state index contributed by atoms with van der Waals surface area (Å²) in [5.74, 6) is 0.131. The number of hydrogen-bond acceptors (Lipinski definition) is 3. The Balaban J connectivity index is 1.70. The highest BCUT2D eigenvalue weighted by molar-refractivity contribution is 5.76. The molecule has 1 fully saturated rings. The minimum atomic E-state index is 0.131. The summed E-state index contributed by atoms with van der Waals surface area (Å²) in [6, 6.07) is 8.24. The first-order valence-corrected chi connectivity index (χ1v) is 6.69. The molecule has 4 heteroatoms. The number of carbonyl (C=O) groups excluding carboxylic acids is 1. The van der Waals surface area contributed by atoms with E-state index in [1.165, 1.54) is 5.56 Å². The second-order valence-corrected chi connectivity index (χ2v) is 5.02. The highest BCUT2D eigenvalue weighted by Crippen LogP contribution is 2.18. The fraction of sp³-hybridized carbons (Fsp3) is 0.467. The van der Waals surface area contributed by atoms with Crippen molar-refractivity contribution < 1.29 is 4.79 Å². The van der Waals surface area contributed by atoms with Gasteiger partial charge in [0.25, 0.3) is 0 Å². The molecule has 0 atom stereocenters. The molecule has 0 aromatic heterocycles. The Morgan fingerprint density at radius 1 is 1.47 bits per heavy atom. The van der Waals surface area contributed by atoms with Gasteiger partial charge in [-0.15, -0.1) is 0 Å². The van der Waals surface area contributed by atoms with Crippen LogP contribution < -0.4 is 10.6 Å². The fourth-order valence-corrected chi connectivity index (χ4v) is 1.92. The maximum atomic E-state index is 11.5. The Labute approximate surface area is 113 Å². The molecule has 4 nitrogen and oxygen atoms in total. The standard InChI is InChI=1S/C15H19N3O/c1-11-8-12(9-16)2-3-13(11)10-17-7-6-15(19)18-14-4-5-14/h2-3,8,14,17H,4-7,10H2,1H3,(H,18,19). The summed E-state index contributed by atoms with van der Waals surface area (Å²) < 4.78 is 0. The molecule has 1 aromatic carbocycles. The molecule has 0 aliphatic heterocycles. The first kappa shape index (κ1) is 13.6. The third-order valence-electron chi connectivity index (χ3n) is 3.26. The molecule has 1 aliphatic rings. The molecule has 0 unspecified atom stereocenters. The molecule has 0 radical (unpaired) electrons. The van der Waals surface area contributed by atoms with Crippen LogP contribution in [0.2, 0.25) is 0 Å². The zero-order chi connectivity index (χ0) is 13.7. The van der Waals surface area contributed by atoms with Crippen LogP contribution in [0.1, 0.15) is 36.0 Å². The van der Waals surface area contributed by atoms with Crippen molar-refractivity contribution in [3.05, 3.63) is 34.9 Å². The van der Waals surface area contributed by atoms with Crippen LogP contribution in [-0.4, -0.2) is 18.5 Å². The molecule has 2 rings (SSSR count). The highest BCUT2D eigenvalue weighted by atomic mass is 16.1. The molecule has 1 saturated carbocycles. The van der Waals surface area contributed by atoms with Gasteiger partial charge < -0.3 is 10.6 Å². The number of carbonyl (C=O) groups is 1. The number of nitrogens with zero attached hydrogens (tertiary/aromatic N) is 1. The molecule has 1 amide bonds. The minimum absolute atomic E-state index is 0.131. The Morgan fingerprint density at radius 3 is 2.89 bits per heavy atom. The summed E-state index contributed by atoms with van der Waals surface area (Å²) >= 11 is 0. The number of nitrogens with one attached hydrogen (secondary N) is 2.